The van der Waals surface area contributed by atoms with E-state index >= 15 is 0 Å². The fraction of sp³-hybridized carbons (Fsp3) is 0.429. The van der Waals surface area contributed by atoms with E-state index < -0.39 is 24.4 Å². The number of halogens is 3. The number of nitrogens with two attached hydrogens (primary N) is 1. The molecule has 0 aromatic carbocycles. The fourth-order valence-electron chi connectivity index (χ4n) is 0.923. The van der Waals surface area contributed by atoms with Crippen LogP contribution in [0.3, 0.4) is 0 Å². The Morgan fingerprint density at radius 2 is 2.08 bits per heavy atom. The van der Waals surface area contributed by atoms with Crippen molar-refractivity contribution in [2.45, 2.75) is 12.2 Å². The summed E-state index contributed by atoms with van der Waals surface area (Å²) >= 11 is 0. The molecule has 0 bridgehead atoms. The molecule has 6 heteroatoms. The number of hydrogen-bond acceptors (Lipinski definition) is 3. The summed E-state index contributed by atoms with van der Waals surface area (Å²) in [7, 11) is 0. The highest BCUT2D eigenvalue weighted by atomic mass is 19.4. The molecule has 0 aliphatic rings. The van der Waals surface area contributed by atoms with Crippen LogP contribution in [0.25, 0.3) is 0 Å². The van der Waals surface area contributed by atoms with Crippen molar-refractivity contribution in [2.75, 3.05) is 6.61 Å². The van der Waals surface area contributed by atoms with Crippen LogP contribution in [0.5, 0.6) is 0 Å². The number of aliphatic hydroxyl groups excluding tert-OH is 1. The Labute approximate surface area is 72.0 Å². The molecule has 74 valence electrons. The molecule has 1 aromatic heterocycles. The van der Waals surface area contributed by atoms with Gasteiger partial charge in [0.1, 0.15) is 6.26 Å². The van der Waals surface area contributed by atoms with Crippen molar-refractivity contribution in [3.63, 3.8) is 0 Å². The molecule has 13 heavy (non-hydrogen) atoms. The van der Waals surface area contributed by atoms with Crippen LogP contribution in [0.1, 0.15) is 17.2 Å². The number of aliphatic hydroxyl groups is 1. The van der Waals surface area contributed by atoms with Gasteiger partial charge in [0.25, 0.3) is 0 Å². The third kappa shape index (κ3) is 2.02. The number of rotatable bonds is 2. The SMILES string of the molecule is N[C@@H](CO)c1cocc1C(F)(F)F. The Balaban J connectivity index is 3.03. The van der Waals surface area contributed by atoms with Gasteiger partial charge in [-0.2, -0.15) is 13.2 Å². The molecule has 0 spiro atoms. The van der Waals surface area contributed by atoms with E-state index in [1.165, 1.54) is 0 Å². The Morgan fingerprint density at radius 1 is 1.46 bits per heavy atom. The van der Waals surface area contributed by atoms with Crippen LogP contribution >= 0.6 is 0 Å². The summed E-state index contributed by atoms with van der Waals surface area (Å²) in [6.45, 7) is -0.553. The first-order chi connectivity index (χ1) is 5.96. The minimum atomic E-state index is -4.49. The maximum Gasteiger partial charge on any atom is 0.419 e. The van der Waals surface area contributed by atoms with Crippen LogP contribution in [0, 0.1) is 0 Å². The molecule has 0 saturated carbocycles. The number of furan rings is 1. The summed E-state index contributed by atoms with van der Waals surface area (Å²) in [5.41, 5.74) is 4.06. The summed E-state index contributed by atoms with van der Waals surface area (Å²) in [5.74, 6) is 0. The standard InChI is InChI=1S/C7H8F3NO2/c8-7(9,10)5-3-13-2-4(5)6(11)1-12/h2-3,6,12H,1,11H2/t6-/m0/s1. The second-order valence-electron chi connectivity index (χ2n) is 2.53. The van der Waals surface area contributed by atoms with Crippen molar-refractivity contribution >= 4 is 0 Å². The first-order valence-electron chi connectivity index (χ1n) is 3.46. The largest absolute Gasteiger partial charge is 0.472 e. The molecule has 3 nitrogen and oxygen atoms in total. The molecule has 0 radical (unpaired) electrons. The number of alkyl halides is 3. The predicted octanol–water partition coefficient (Wildman–Crippen LogP) is 1.29. The monoisotopic (exact) mass is 195 g/mol. The van der Waals surface area contributed by atoms with Crippen LogP contribution in [-0.2, 0) is 6.18 Å². The van der Waals surface area contributed by atoms with Gasteiger partial charge < -0.3 is 15.3 Å². The lowest BCUT2D eigenvalue weighted by atomic mass is 10.1. The minimum absolute atomic E-state index is 0.227. The Hall–Kier alpha value is -1.01. The first-order valence-corrected chi connectivity index (χ1v) is 3.46. The van der Waals surface area contributed by atoms with Gasteiger partial charge in [0.2, 0.25) is 0 Å². The average molecular weight is 195 g/mol. The number of hydrogen-bond donors (Lipinski definition) is 2. The van der Waals surface area contributed by atoms with Crippen LogP contribution in [0.2, 0.25) is 0 Å². The van der Waals surface area contributed by atoms with Gasteiger partial charge >= 0.3 is 6.18 Å². The van der Waals surface area contributed by atoms with Gasteiger partial charge in [0, 0.05) is 5.56 Å². The van der Waals surface area contributed by atoms with Crippen LogP contribution in [-0.4, -0.2) is 11.7 Å². The van der Waals surface area contributed by atoms with Crippen molar-refractivity contribution in [1.29, 1.82) is 0 Å². The summed E-state index contributed by atoms with van der Waals surface area (Å²) in [5, 5.41) is 8.56. The second-order valence-corrected chi connectivity index (χ2v) is 2.53. The molecular weight excluding hydrogens is 187 g/mol. The van der Waals surface area contributed by atoms with Gasteiger partial charge in [0.05, 0.1) is 24.5 Å². The smallest absolute Gasteiger partial charge is 0.419 e. The van der Waals surface area contributed by atoms with Crippen LogP contribution in [0.4, 0.5) is 13.2 Å². The molecule has 0 fully saturated rings. The van der Waals surface area contributed by atoms with E-state index in [0.29, 0.717) is 6.26 Å². The molecule has 0 saturated heterocycles. The highest BCUT2D eigenvalue weighted by Gasteiger charge is 2.36. The zero-order valence-corrected chi connectivity index (χ0v) is 6.51. The summed E-state index contributed by atoms with van der Waals surface area (Å²) in [6, 6.07) is -1.06. The predicted molar refractivity (Wildman–Crippen MR) is 37.7 cm³/mol. The van der Waals surface area contributed by atoms with Gasteiger partial charge in [-0.1, -0.05) is 0 Å². The molecule has 1 aromatic rings. The molecule has 0 amide bonds. The quantitative estimate of drug-likeness (QED) is 0.747. The van der Waals surface area contributed by atoms with Gasteiger partial charge in [-0.15, -0.1) is 0 Å². The third-order valence-electron chi connectivity index (χ3n) is 1.59. The zero-order chi connectivity index (χ0) is 10.1. The van der Waals surface area contributed by atoms with Crippen molar-refractivity contribution in [2.24, 2.45) is 5.73 Å². The zero-order valence-electron chi connectivity index (χ0n) is 6.51. The van der Waals surface area contributed by atoms with E-state index in [0.717, 1.165) is 6.26 Å². The minimum Gasteiger partial charge on any atom is -0.472 e. The van der Waals surface area contributed by atoms with E-state index in [2.05, 4.69) is 4.42 Å². The summed E-state index contributed by atoms with van der Waals surface area (Å²) in [6.07, 6.45) is -3.02. The molecular formula is C7H8F3NO2. The van der Waals surface area contributed by atoms with E-state index in [1.54, 1.807) is 0 Å². The van der Waals surface area contributed by atoms with Gasteiger partial charge in [-0.3, -0.25) is 0 Å². The first kappa shape index (κ1) is 10.1. The van der Waals surface area contributed by atoms with Crippen LogP contribution < -0.4 is 5.73 Å². The van der Waals surface area contributed by atoms with E-state index in [-0.39, 0.29) is 5.56 Å². The normalized spacial score (nSPS) is 14.5. The van der Waals surface area contributed by atoms with E-state index in [1.807, 2.05) is 0 Å². The van der Waals surface area contributed by atoms with E-state index in [4.69, 9.17) is 10.8 Å². The maximum atomic E-state index is 12.2. The Bertz CT molecular complexity index is 282. The molecule has 1 heterocycles. The molecule has 0 unspecified atom stereocenters. The molecule has 0 aliphatic carbocycles. The highest BCUT2D eigenvalue weighted by molar-refractivity contribution is 5.27. The molecule has 1 atom stereocenters. The lowest BCUT2D eigenvalue weighted by molar-refractivity contribution is -0.138. The topological polar surface area (TPSA) is 59.4 Å². The second kappa shape index (κ2) is 3.39. The van der Waals surface area contributed by atoms with Crippen molar-refractivity contribution in [3.05, 3.63) is 23.7 Å². The Kier molecular flexibility index (Phi) is 2.63. The van der Waals surface area contributed by atoms with Gasteiger partial charge in [-0.25, -0.2) is 0 Å². The van der Waals surface area contributed by atoms with Crippen molar-refractivity contribution in [3.8, 4) is 0 Å². The highest BCUT2D eigenvalue weighted by Crippen LogP contribution is 2.34. The van der Waals surface area contributed by atoms with Gasteiger partial charge in [-0.05, 0) is 0 Å². The molecule has 3 N–H and O–H groups in total. The lowest BCUT2D eigenvalue weighted by Crippen LogP contribution is -2.18. The molecule has 0 aliphatic heterocycles. The van der Waals surface area contributed by atoms with Crippen LogP contribution in [0.15, 0.2) is 16.9 Å². The van der Waals surface area contributed by atoms with E-state index in [9.17, 15) is 13.2 Å². The maximum absolute atomic E-state index is 12.2. The summed E-state index contributed by atoms with van der Waals surface area (Å²) < 4.78 is 40.9. The average Bonchev–Trinajstić information content (AvgIpc) is 2.49. The lowest BCUT2D eigenvalue weighted by Gasteiger charge is -2.10. The molecule has 1 rings (SSSR count). The third-order valence-corrected chi connectivity index (χ3v) is 1.59. The Morgan fingerprint density at radius 3 is 2.54 bits per heavy atom. The van der Waals surface area contributed by atoms with Gasteiger partial charge in [0.15, 0.2) is 0 Å². The summed E-state index contributed by atoms with van der Waals surface area (Å²) in [4.78, 5) is 0. The fourth-order valence-corrected chi connectivity index (χ4v) is 0.923. The van der Waals surface area contributed by atoms with Crippen molar-refractivity contribution < 1.29 is 22.7 Å². The van der Waals surface area contributed by atoms with Crippen molar-refractivity contribution in [1.82, 2.24) is 0 Å².